The lowest BCUT2D eigenvalue weighted by atomic mass is 10.1. The first-order valence-corrected chi connectivity index (χ1v) is 13.7. The molecule has 0 aromatic carbocycles. The number of ether oxygens (including phenoxy) is 2. The van der Waals surface area contributed by atoms with Gasteiger partial charge in [-0.1, -0.05) is 104 Å². The number of quaternary nitrogens is 1. The van der Waals surface area contributed by atoms with Gasteiger partial charge in [-0.3, -0.25) is 0 Å². The molecule has 0 bridgehead atoms. The third-order valence-corrected chi connectivity index (χ3v) is 6.62. The summed E-state index contributed by atoms with van der Waals surface area (Å²) in [6.07, 6.45) is 20.4. The summed E-state index contributed by atoms with van der Waals surface area (Å²) >= 11 is 0. The third kappa shape index (κ3) is 18.7. The fourth-order valence-electron chi connectivity index (χ4n) is 4.08. The number of nitrogens with zero attached hydrogens (tertiary/aromatic N) is 1. The molecule has 0 aliphatic rings. The smallest absolute Gasteiger partial charge is 0.221 e. The molecule has 0 saturated heterocycles. The lowest BCUT2D eigenvalue weighted by molar-refractivity contribution is -0.940. The maximum atomic E-state index is 10.0. The maximum absolute atomic E-state index is 10.0. The number of aliphatic hydroxyl groups excluding tert-OH is 1. The van der Waals surface area contributed by atoms with E-state index in [0.29, 0.717) is 0 Å². The van der Waals surface area contributed by atoms with E-state index in [0.717, 1.165) is 37.1 Å². The first-order chi connectivity index (χ1) is 15.0. The molecule has 5 heteroatoms. The number of halogens is 1. The lowest BCUT2D eigenvalue weighted by Crippen LogP contribution is -3.00. The molecule has 0 spiro atoms. The summed E-state index contributed by atoms with van der Waals surface area (Å²) in [6.45, 7) is 9.18. The second-order valence-electron chi connectivity index (χ2n) is 9.90. The van der Waals surface area contributed by atoms with Crippen LogP contribution in [0.25, 0.3) is 0 Å². The van der Waals surface area contributed by atoms with Crippen molar-refractivity contribution in [2.24, 2.45) is 0 Å². The summed E-state index contributed by atoms with van der Waals surface area (Å²) in [7, 11) is 4.36. The van der Waals surface area contributed by atoms with E-state index in [1.807, 2.05) is 0 Å². The van der Waals surface area contributed by atoms with Crippen molar-refractivity contribution in [1.29, 1.82) is 0 Å². The summed E-state index contributed by atoms with van der Waals surface area (Å²) < 4.78 is 13.2. The molecule has 0 aliphatic carbocycles. The van der Waals surface area contributed by atoms with Crippen LogP contribution in [0.1, 0.15) is 124 Å². The molecule has 0 fully saturated rings. The van der Waals surface area contributed by atoms with E-state index in [4.69, 9.17) is 9.47 Å². The molecule has 2 unspecified atom stereocenters. The molecular weight excluding hydrogens is 466 g/mol. The Morgan fingerprint density at radius 2 is 0.969 bits per heavy atom. The van der Waals surface area contributed by atoms with Crippen molar-refractivity contribution in [2.45, 2.75) is 136 Å². The highest BCUT2D eigenvalue weighted by Gasteiger charge is 2.36. The van der Waals surface area contributed by atoms with E-state index in [-0.39, 0.29) is 35.9 Å². The Kier molecular flexibility index (Phi) is 26.3. The van der Waals surface area contributed by atoms with Crippen molar-refractivity contribution in [3.8, 4) is 0 Å². The summed E-state index contributed by atoms with van der Waals surface area (Å²) in [5.74, 6) is 0. The molecule has 0 amide bonds. The van der Waals surface area contributed by atoms with Crippen LogP contribution < -0.4 is 17.0 Å². The van der Waals surface area contributed by atoms with Gasteiger partial charge in [0.15, 0.2) is 6.10 Å². The second kappa shape index (κ2) is 24.4. The van der Waals surface area contributed by atoms with Gasteiger partial charge in [0.2, 0.25) is 6.23 Å². The molecule has 1 N–H and O–H groups in total. The van der Waals surface area contributed by atoms with Gasteiger partial charge in [0, 0.05) is 6.61 Å². The van der Waals surface area contributed by atoms with Crippen LogP contribution in [0.5, 0.6) is 0 Å². The monoisotopic (exact) mass is 523 g/mol. The van der Waals surface area contributed by atoms with E-state index >= 15 is 0 Å². The molecule has 196 valence electrons. The molecule has 0 aromatic heterocycles. The molecule has 4 nitrogen and oxygen atoms in total. The van der Waals surface area contributed by atoms with Gasteiger partial charge in [0.1, 0.15) is 0 Å². The quantitative estimate of drug-likeness (QED) is 0.117. The molecule has 0 heterocycles. The minimum atomic E-state index is -0.242. The average molecular weight is 525 g/mol. The van der Waals surface area contributed by atoms with Crippen molar-refractivity contribution in [3.63, 3.8) is 0 Å². The largest absolute Gasteiger partial charge is 1.00 e. The molecule has 32 heavy (non-hydrogen) atoms. The van der Waals surface area contributed by atoms with E-state index in [9.17, 15) is 5.11 Å². The van der Waals surface area contributed by atoms with Crippen LogP contribution in [0.3, 0.4) is 0 Å². The normalized spacial score (nSPS) is 13.7. The Balaban J connectivity index is 0. The van der Waals surface area contributed by atoms with Crippen molar-refractivity contribution in [1.82, 2.24) is 0 Å². The predicted molar refractivity (Wildman–Crippen MR) is 134 cm³/mol. The number of rotatable bonds is 24. The zero-order valence-electron chi connectivity index (χ0n) is 22.4. The van der Waals surface area contributed by atoms with E-state index in [1.165, 1.54) is 89.9 Å². The molecule has 0 saturated carbocycles. The second-order valence-corrected chi connectivity index (χ2v) is 9.90. The molecule has 0 aromatic rings. The highest BCUT2D eigenvalue weighted by atomic mass is 79.9. The average Bonchev–Trinajstić information content (AvgIpc) is 2.77. The molecular formula is C27H58BrNO3. The molecule has 0 rings (SSSR count). The topological polar surface area (TPSA) is 38.7 Å². The van der Waals surface area contributed by atoms with E-state index in [1.54, 1.807) is 0 Å². The zero-order chi connectivity index (χ0) is 23.2. The summed E-state index contributed by atoms with van der Waals surface area (Å²) in [4.78, 5) is 0. The Hall–Kier alpha value is 0.320. The van der Waals surface area contributed by atoms with Crippen molar-refractivity contribution < 1.29 is 36.0 Å². The van der Waals surface area contributed by atoms with Crippen molar-refractivity contribution in [2.75, 3.05) is 40.5 Å². The van der Waals surface area contributed by atoms with Crippen molar-refractivity contribution in [3.05, 3.63) is 0 Å². The minimum Gasteiger partial charge on any atom is -1.00 e. The third-order valence-electron chi connectivity index (χ3n) is 6.62. The van der Waals surface area contributed by atoms with Crippen LogP contribution in [0, 0.1) is 0 Å². The van der Waals surface area contributed by atoms with Crippen LogP contribution in [0.15, 0.2) is 0 Å². The van der Waals surface area contributed by atoms with Crippen LogP contribution in [-0.4, -0.2) is 62.4 Å². The van der Waals surface area contributed by atoms with Crippen molar-refractivity contribution >= 4 is 0 Å². The fourth-order valence-corrected chi connectivity index (χ4v) is 4.08. The Morgan fingerprint density at radius 3 is 1.34 bits per heavy atom. The maximum Gasteiger partial charge on any atom is 0.221 e. The first-order valence-electron chi connectivity index (χ1n) is 13.7. The predicted octanol–water partition coefficient (Wildman–Crippen LogP) is 4.09. The summed E-state index contributed by atoms with van der Waals surface area (Å²) in [5.41, 5.74) is 0. The fraction of sp³-hybridized carbons (Fsp3) is 1.00. The molecule has 0 aliphatic heterocycles. The Morgan fingerprint density at radius 1 is 0.594 bits per heavy atom. The highest BCUT2D eigenvalue weighted by Crippen LogP contribution is 2.18. The standard InChI is InChI=1S/C27H58NO3.BrH/c1-6-9-11-13-15-17-19-21-23-30-26(25-29)27(28(4,5)8-3)31-24-22-20-18-16-14-12-10-7-2;/h26-27,29H,6-25H2,1-5H3;1H/q+1;/p-1. The SMILES string of the molecule is CCCCCCCCCCOC(CO)C(OCCCCCCCCCC)[N+](C)(C)CC.[Br-]. The van der Waals surface area contributed by atoms with Gasteiger partial charge in [-0.15, -0.1) is 0 Å². The minimum absolute atomic E-state index is 0. The Bertz CT molecular complexity index is 369. The van der Waals surface area contributed by atoms with Gasteiger partial charge in [-0.2, -0.15) is 0 Å². The van der Waals surface area contributed by atoms with Gasteiger partial charge in [0.25, 0.3) is 0 Å². The highest BCUT2D eigenvalue weighted by molar-refractivity contribution is 4.63. The van der Waals surface area contributed by atoms with Crippen LogP contribution in [-0.2, 0) is 9.47 Å². The summed E-state index contributed by atoms with van der Waals surface area (Å²) in [6, 6.07) is 0. The van der Waals surface area contributed by atoms with Gasteiger partial charge in [0.05, 0.1) is 33.9 Å². The van der Waals surface area contributed by atoms with Crippen LogP contribution in [0.2, 0.25) is 0 Å². The van der Waals surface area contributed by atoms with Gasteiger partial charge in [-0.05, 0) is 19.8 Å². The van der Waals surface area contributed by atoms with Gasteiger partial charge < -0.3 is 36.0 Å². The number of likely N-dealkylation sites (N-methyl/N-ethyl adjacent to an activating group) is 1. The van der Waals surface area contributed by atoms with Gasteiger partial charge in [-0.25, -0.2) is 0 Å². The van der Waals surface area contributed by atoms with Gasteiger partial charge >= 0.3 is 0 Å². The number of aliphatic hydroxyl groups is 1. The number of hydrogen-bond donors (Lipinski definition) is 1. The van der Waals surface area contributed by atoms with Crippen LogP contribution in [0.4, 0.5) is 0 Å². The lowest BCUT2D eigenvalue weighted by Gasteiger charge is -2.40. The Labute approximate surface area is 212 Å². The zero-order valence-corrected chi connectivity index (χ0v) is 24.0. The number of unbranched alkanes of at least 4 members (excludes halogenated alkanes) is 14. The summed E-state index contributed by atoms with van der Waals surface area (Å²) in [5, 5.41) is 10.0. The van der Waals surface area contributed by atoms with E-state index in [2.05, 4.69) is 34.9 Å². The van der Waals surface area contributed by atoms with E-state index < -0.39 is 0 Å². The number of hydrogen-bond acceptors (Lipinski definition) is 3. The first kappa shape index (κ1) is 34.5. The molecule has 2 atom stereocenters. The molecule has 0 radical (unpaired) electrons. The van der Waals surface area contributed by atoms with Crippen LogP contribution >= 0.6 is 0 Å².